The smallest absolute Gasteiger partial charge is 0.262 e. The molecule has 0 bridgehead atoms. The summed E-state index contributed by atoms with van der Waals surface area (Å²) in [4.78, 5) is 11.5. The Kier molecular flexibility index (Phi) is 7.39. The lowest BCUT2D eigenvalue weighted by molar-refractivity contribution is -0.121. The second-order valence-electron chi connectivity index (χ2n) is 5.30. The topological polar surface area (TPSA) is 123 Å². The summed E-state index contributed by atoms with van der Waals surface area (Å²) in [5.41, 5.74) is 5.33. The highest BCUT2D eigenvalue weighted by molar-refractivity contribution is 7.89. The van der Waals surface area contributed by atoms with Crippen LogP contribution in [0.25, 0.3) is 0 Å². The highest BCUT2D eigenvalue weighted by Gasteiger charge is 2.35. The fourth-order valence-corrected chi connectivity index (χ4v) is 4.31. The molecule has 0 saturated carbocycles. The molecular weight excluding hydrogens is 344 g/mol. The van der Waals surface area contributed by atoms with Gasteiger partial charge in [-0.15, -0.1) is 17.5 Å². The van der Waals surface area contributed by atoms with Crippen molar-refractivity contribution in [2.45, 2.75) is 36.8 Å². The summed E-state index contributed by atoms with van der Waals surface area (Å²) in [7, 11) is -2.12. The van der Waals surface area contributed by atoms with Crippen LogP contribution < -0.4 is 11.1 Å². The van der Waals surface area contributed by atoms with Crippen molar-refractivity contribution in [3.05, 3.63) is 6.20 Å². The van der Waals surface area contributed by atoms with Gasteiger partial charge in [0.1, 0.15) is 0 Å². The lowest BCUT2D eigenvalue weighted by Crippen LogP contribution is -2.49. The Hall–Kier alpha value is -1.23. The van der Waals surface area contributed by atoms with Gasteiger partial charge in [-0.2, -0.15) is 4.31 Å². The van der Waals surface area contributed by atoms with Gasteiger partial charge < -0.3 is 11.1 Å². The van der Waals surface area contributed by atoms with Crippen molar-refractivity contribution < 1.29 is 13.2 Å². The molecule has 9 nitrogen and oxygen atoms in total. The molecule has 1 atom stereocenters. The normalized spacial score (nSPS) is 19.1. The first-order valence-electron chi connectivity index (χ1n) is 7.30. The predicted octanol–water partition coefficient (Wildman–Crippen LogP) is -0.755. The van der Waals surface area contributed by atoms with Crippen LogP contribution in [0.5, 0.6) is 0 Å². The number of carbonyl (C=O) groups is 1. The maximum atomic E-state index is 12.7. The highest BCUT2D eigenvalue weighted by atomic mass is 35.5. The van der Waals surface area contributed by atoms with E-state index in [1.807, 2.05) is 0 Å². The third kappa shape index (κ3) is 4.63. The van der Waals surface area contributed by atoms with Crippen LogP contribution in [0.3, 0.4) is 0 Å². The lowest BCUT2D eigenvalue weighted by atomic mass is 10.1. The molecule has 2 heterocycles. The van der Waals surface area contributed by atoms with Crippen molar-refractivity contribution in [2.24, 2.45) is 12.8 Å². The SMILES string of the molecule is Cl.Cn1nncc1S(=O)(=O)N1CCCCC1CNC(=O)CCN. The molecule has 1 aromatic heterocycles. The number of halogens is 1. The maximum Gasteiger partial charge on any atom is 0.262 e. The molecule has 23 heavy (non-hydrogen) atoms. The van der Waals surface area contributed by atoms with Gasteiger partial charge in [0.05, 0.1) is 6.20 Å². The molecule has 1 unspecified atom stereocenters. The standard InChI is InChI=1S/C12H22N6O3S.ClH/c1-17-12(9-15-16-17)22(20,21)18-7-3-2-4-10(18)8-14-11(19)5-6-13;/h9-10H,2-8,13H2,1H3,(H,14,19);1H. The number of nitrogens with one attached hydrogen (secondary N) is 1. The molecule has 0 spiro atoms. The van der Waals surface area contributed by atoms with E-state index in [0.717, 1.165) is 12.8 Å². The Bertz CT molecular complexity index is 620. The van der Waals surface area contributed by atoms with Crippen molar-refractivity contribution in [1.82, 2.24) is 24.6 Å². The monoisotopic (exact) mass is 366 g/mol. The van der Waals surface area contributed by atoms with E-state index in [1.165, 1.54) is 15.2 Å². The number of nitrogens with zero attached hydrogens (tertiary/aromatic N) is 4. The summed E-state index contributed by atoms with van der Waals surface area (Å²) in [6, 6.07) is -0.254. The van der Waals surface area contributed by atoms with Crippen LogP contribution in [0.15, 0.2) is 11.2 Å². The number of nitrogens with two attached hydrogens (primary N) is 1. The number of amides is 1. The molecule has 132 valence electrons. The molecule has 0 aromatic carbocycles. The third-order valence-electron chi connectivity index (χ3n) is 3.73. The summed E-state index contributed by atoms with van der Waals surface area (Å²) < 4.78 is 28.2. The molecule has 1 aromatic rings. The number of sulfonamides is 1. The van der Waals surface area contributed by atoms with Crippen LogP contribution in [0.4, 0.5) is 0 Å². The second-order valence-corrected chi connectivity index (χ2v) is 7.14. The fourth-order valence-electron chi connectivity index (χ4n) is 2.58. The number of aryl methyl sites for hydroxylation is 1. The van der Waals surface area contributed by atoms with Crippen LogP contribution in [0, 0.1) is 0 Å². The maximum absolute atomic E-state index is 12.7. The number of rotatable bonds is 6. The van der Waals surface area contributed by atoms with Gasteiger partial charge >= 0.3 is 0 Å². The number of hydrogen-bond donors (Lipinski definition) is 2. The average Bonchev–Trinajstić information content (AvgIpc) is 2.93. The number of piperidine rings is 1. The molecular formula is C12H23ClN6O3S. The van der Waals surface area contributed by atoms with Crippen molar-refractivity contribution in [3.8, 4) is 0 Å². The van der Waals surface area contributed by atoms with Gasteiger partial charge in [0.15, 0.2) is 5.03 Å². The van der Waals surface area contributed by atoms with Crippen molar-refractivity contribution >= 4 is 28.3 Å². The van der Waals surface area contributed by atoms with E-state index in [9.17, 15) is 13.2 Å². The number of hydrogen-bond acceptors (Lipinski definition) is 6. The highest BCUT2D eigenvalue weighted by Crippen LogP contribution is 2.24. The Morgan fingerprint density at radius 1 is 1.48 bits per heavy atom. The Balaban J connectivity index is 0.00000264. The van der Waals surface area contributed by atoms with Crippen LogP contribution in [0.2, 0.25) is 0 Å². The van der Waals surface area contributed by atoms with Gasteiger partial charge in [0.2, 0.25) is 5.91 Å². The minimum absolute atomic E-state index is 0. The van der Waals surface area contributed by atoms with Crippen molar-refractivity contribution in [1.29, 1.82) is 0 Å². The Morgan fingerprint density at radius 3 is 2.83 bits per heavy atom. The van der Waals surface area contributed by atoms with Gasteiger partial charge in [-0.25, -0.2) is 13.1 Å². The average molecular weight is 367 g/mol. The van der Waals surface area contributed by atoms with Crippen LogP contribution in [-0.4, -0.2) is 59.3 Å². The minimum atomic E-state index is -3.66. The lowest BCUT2D eigenvalue weighted by Gasteiger charge is -2.34. The van der Waals surface area contributed by atoms with Crippen LogP contribution in [0.1, 0.15) is 25.7 Å². The summed E-state index contributed by atoms with van der Waals surface area (Å²) in [6.45, 7) is 1.01. The van der Waals surface area contributed by atoms with E-state index in [-0.39, 0.29) is 42.3 Å². The zero-order chi connectivity index (χ0) is 16.2. The molecule has 0 aliphatic carbocycles. The molecule has 0 radical (unpaired) electrons. The first-order chi connectivity index (χ1) is 10.5. The summed E-state index contributed by atoms with van der Waals surface area (Å²) in [5, 5.41) is 10.1. The molecule has 11 heteroatoms. The van der Waals surface area contributed by atoms with Crippen LogP contribution in [-0.2, 0) is 21.9 Å². The van der Waals surface area contributed by atoms with E-state index in [4.69, 9.17) is 5.73 Å². The van der Waals surface area contributed by atoms with E-state index in [0.29, 0.717) is 19.5 Å². The van der Waals surface area contributed by atoms with E-state index < -0.39 is 10.0 Å². The zero-order valence-corrected chi connectivity index (χ0v) is 14.6. The third-order valence-corrected chi connectivity index (χ3v) is 5.72. The predicted molar refractivity (Wildman–Crippen MR) is 86.5 cm³/mol. The summed E-state index contributed by atoms with van der Waals surface area (Å²) in [6.07, 6.45) is 3.94. The van der Waals surface area contributed by atoms with Crippen molar-refractivity contribution in [2.75, 3.05) is 19.6 Å². The van der Waals surface area contributed by atoms with Gasteiger partial charge in [0, 0.05) is 39.1 Å². The molecule has 1 amide bonds. The van der Waals surface area contributed by atoms with E-state index in [2.05, 4.69) is 15.6 Å². The van der Waals surface area contributed by atoms with E-state index >= 15 is 0 Å². The summed E-state index contributed by atoms with van der Waals surface area (Å²) in [5.74, 6) is -0.160. The molecule has 1 aliphatic rings. The van der Waals surface area contributed by atoms with Gasteiger partial charge in [-0.1, -0.05) is 11.6 Å². The molecule has 1 fully saturated rings. The Labute approximate surface area is 142 Å². The van der Waals surface area contributed by atoms with Crippen molar-refractivity contribution in [3.63, 3.8) is 0 Å². The number of carbonyl (C=O) groups excluding carboxylic acids is 1. The minimum Gasteiger partial charge on any atom is -0.354 e. The number of aromatic nitrogens is 3. The summed E-state index contributed by atoms with van der Waals surface area (Å²) >= 11 is 0. The second kappa shape index (κ2) is 8.57. The zero-order valence-electron chi connectivity index (χ0n) is 13.0. The first-order valence-corrected chi connectivity index (χ1v) is 8.74. The fraction of sp³-hybridized carbons (Fsp3) is 0.750. The molecule has 2 rings (SSSR count). The molecule has 1 saturated heterocycles. The first kappa shape index (κ1) is 19.8. The Morgan fingerprint density at radius 2 is 2.22 bits per heavy atom. The van der Waals surface area contributed by atoms with Crippen LogP contribution >= 0.6 is 12.4 Å². The van der Waals surface area contributed by atoms with Gasteiger partial charge in [0.25, 0.3) is 10.0 Å². The van der Waals surface area contributed by atoms with E-state index in [1.54, 1.807) is 7.05 Å². The largest absolute Gasteiger partial charge is 0.354 e. The van der Waals surface area contributed by atoms with Gasteiger partial charge in [-0.3, -0.25) is 4.79 Å². The molecule has 3 N–H and O–H groups in total. The quantitative estimate of drug-likeness (QED) is 0.682. The molecule has 1 aliphatic heterocycles. The van der Waals surface area contributed by atoms with Gasteiger partial charge in [-0.05, 0) is 12.8 Å².